The van der Waals surface area contributed by atoms with E-state index >= 15 is 0 Å². The highest BCUT2D eigenvalue weighted by atomic mass is 16.2. The average molecular weight is 418 g/mol. The zero-order valence-corrected chi connectivity index (χ0v) is 17.5. The smallest absolute Gasteiger partial charge is 0.197 e. The van der Waals surface area contributed by atoms with Crippen LogP contribution in [0.25, 0.3) is 21.8 Å². The lowest BCUT2D eigenvalue weighted by Crippen LogP contribution is -2.22. The Kier molecular flexibility index (Phi) is 3.80. The summed E-state index contributed by atoms with van der Waals surface area (Å²) in [4.78, 5) is 39.4. The number of hydrogen-bond donors (Lipinski definition) is 0. The van der Waals surface area contributed by atoms with E-state index < -0.39 is 0 Å². The lowest BCUT2D eigenvalue weighted by atomic mass is 10.0. The zero-order chi connectivity index (χ0) is 22.0. The van der Waals surface area contributed by atoms with Crippen molar-refractivity contribution in [1.29, 1.82) is 0 Å². The number of allylic oxidation sites excluding steroid dienone is 3. The molecule has 3 aromatic carbocycles. The summed E-state index contributed by atoms with van der Waals surface area (Å²) in [5.41, 5.74) is 2.73. The molecule has 0 saturated heterocycles. The fourth-order valence-electron chi connectivity index (χ4n) is 4.42. The predicted molar refractivity (Wildman–Crippen MR) is 125 cm³/mol. The lowest BCUT2D eigenvalue weighted by molar-refractivity contribution is 0.0989. The Bertz CT molecular complexity index is 1440. The van der Waals surface area contributed by atoms with Crippen LogP contribution < -0.4 is 9.80 Å². The molecule has 1 aliphatic heterocycles. The number of carbonyl (C=O) groups is 2. The topological polar surface area (TPSA) is 66.4 Å². The molecule has 154 valence electrons. The molecule has 0 N–H and O–H groups in total. The molecule has 2 heterocycles. The van der Waals surface area contributed by atoms with Gasteiger partial charge in [-0.05, 0) is 47.2 Å². The summed E-state index contributed by atoms with van der Waals surface area (Å²) in [5, 5.41) is 1.89. The number of hydrogen-bond acceptors (Lipinski definition) is 6. The number of carbonyl (C=O) groups excluding carboxylic acids is 2. The van der Waals surface area contributed by atoms with E-state index in [4.69, 9.17) is 9.97 Å². The number of benzene rings is 3. The van der Waals surface area contributed by atoms with Crippen LogP contribution in [0.5, 0.6) is 0 Å². The highest BCUT2D eigenvalue weighted by Crippen LogP contribution is 2.38. The van der Waals surface area contributed by atoms with E-state index in [-0.39, 0.29) is 17.1 Å². The molecule has 0 fully saturated rings. The van der Waals surface area contributed by atoms with E-state index in [0.717, 1.165) is 39.3 Å². The summed E-state index contributed by atoms with van der Waals surface area (Å²) in [6.45, 7) is 0. The van der Waals surface area contributed by atoms with Crippen molar-refractivity contribution in [2.75, 3.05) is 23.9 Å². The van der Waals surface area contributed by atoms with Crippen molar-refractivity contribution in [1.82, 2.24) is 9.97 Å². The molecule has 0 amide bonds. The third-order valence-electron chi connectivity index (χ3n) is 6.12. The van der Waals surface area contributed by atoms with Crippen molar-refractivity contribution in [3.8, 4) is 0 Å². The van der Waals surface area contributed by atoms with Gasteiger partial charge in [-0.2, -0.15) is 0 Å². The fraction of sp³-hybridized carbons (Fsp3) is 0.0769. The number of Topliss-reactive ketones (excluding diaryl/α,β-unsaturated/α-hetero) is 2. The molecule has 6 rings (SSSR count). The van der Waals surface area contributed by atoms with Crippen molar-refractivity contribution < 1.29 is 9.59 Å². The number of nitrogens with zero attached hydrogens (tertiary/aromatic N) is 4. The molecule has 0 atom stereocenters. The Morgan fingerprint density at radius 1 is 0.688 bits per heavy atom. The second kappa shape index (κ2) is 6.59. The summed E-state index contributed by atoms with van der Waals surface area (Å²) in [6, 6.07) is 19.1. The normalized spacial score (nSPS) is 15.1. The summed E-state index contributed by atoms with van der Waals surface area (Å²) in [5.74, 6) is 1.76. The van der Waals surface area contributed by atoms with Gasteiger partial charge in [0, 0.05) is 25.2 Å². The van der Waals surface area contributed by atoms with Gasteiger partial charge in [0.05, 0.1) is 16.6 Å². The van der Waals surface area contributed by atoms with E-state index in [9.17, 15) is 9.59 Å². The molecule has 1 aromatic heterocycles. The molecule has 0 unspecified atom stereocenters. The Balaban J connectivity index is 1.41. The summed E-state index contributed by atoms with van der Waals surface area (Å²) in [7, 11) is 3.80. The minimum atomic E-state index is -0.240. The van der Waals surface area contributed by atoms with Crippen molar-refractivity contribution in [3.05, 3.63) is 95.3 Å². The predicted octanol–water partition coefficient (Wildman–Crippen LogP) is 4.52. The van der Waals surface area contributed by atoms with Gasteiger partial charge in [-0.25, -0.2) is 9.97 Å². The van der Waals surface area contributed by atoms with Crippen molar-refractivity contribution in [3.63, 3.8) is 0 Å². The number of rotatable bonds is 1. The third-order valence-corrected chi connectivity index (χ3v) is 6.12. The lowest BCUT2D eigenvalue weighted by Gasteiger charge is -2.16. The van der Waals surface area contributed by atoms with Gasteiger partial charge in [0.2, 0.25) is 0 Å². The maximum atomic E-state index is 13.0. The van der Waals surface area contributed by atoms with Gasteiger partial charge in [-0.1, -0.05) is 36.4 Å². The number of para-hydroxylation sites is 2. The van der Waals surface area contributed by atoms with Crippen LogP contribution in [0, 0.1) is 0 Å². The maximum absolute atomic E-state index is 13.0. The first-order valence-electron chi connectivity index (χ1n) is 10.3. The van der Waals surface area contributed by atoms with Crippen molar-refractivity contribution >= 4 is 45.0 Å². The highest BCUT2D eigenvalue weighted by Gasteiger charge is 2.34. The highest BCUT2D eigenvalue weighted by molar-refractivity contribution is 6.40. The minimum Gasteiger partial charge on any atom is -0.312 e. The molecule has 4 aromatic rings. The Labute approximate surface area is 184 Å². The van der Waals surface area contributed by atoms with Crippen LogP contribution in [0.1, 0.15) is 20.7 Å². The SMILES string of the molecule is CN1C(=CC=C2C(=O)c3cc4ccccc4cc3C2=O)N(C)c2nc3ccccc3nc21. The second-order valence-corrected chi connectivity index (χ2v) is 7.99. The molecule has 1 aliphatic carbocycles. The van der Waals surface area contributed by atoms with Crippen LogP contribution in [-0.4, -0.2) is 35.6 Å². The van der Waals surface area contributed by atoms with Gasteiger partial charge in [0.25, 0.3) is 0 Å². The van der Waals surface area contributed by atoms with Crippen molar-refractivity contribution in [2.45, 2.75) is 0 Å². The van der Waals surface area contributed by atoms with E-state index in [0.29, 0.717) is 11.1 Å². The molecule has 6 nitrogen and oxygen atoms in total. The Hall–Kier alpha value is -4.32. The molecule has 2 aliphatic rings. The van der Waals surface area contributed by atoms with Gasteiger partial charge in [-0.15, -0.1) is 0 Å². The number of fused-ring (bicyclic) bond motifs is 4. The molecule has 0 bridgehead atoms. The number of aromatic nitrogens is 2. The zero-order valence-electron chi connectivity index (χ0n) is 17.5. The Morgan fingerprint density at radius 3 is 1.66 bits per heavy atom. The monoisotopic (exact) mass is 418 g/mol. The van der Waals surface area contributed by atoms with E-state index in [1.807, 2.05) is 84.6 Å². The fourth-order valence-corrected chi connectivity index (χ4v) is 4.42. The second-order valence-electron chi connectivity index (χ2n) is 7.99. The first-order chi connectivity index (χ1) is 15.5. The largest absolute Gasteiger partial charge is 0.312 e. The van der Waals surface area contributed by atoms with E-state index in [1.54, 1.807) is 12.2 Å². The van der Waals surface area contributed by atoms with Crippen LogP contribution in [0.4, 0.5) is 11.6 Å². The maximum Gasteiger partial charge on any atom is 0.197 e. The van der Waals surface area contributed by atoms with Gasteiger partial charge >= 0.3 is 0 Å². The quantitative estimate of drug-likeness (QED) is 0.335. The standard InChI is InChI=1S/C26H18N4O2/c1-29-22(30(2)26-25(29)27-20-9-5-6-10-21(20)28-26)12-11-17-23(31)18-13-15-7-3-4-8-16(15)14-19(18)24(17)32/h3-14H,1-2H3. The Morgan fingerprint density at radius 2 is 1.16 bits per heavy atom. The van der Waals surface area contributed by atoms with Crippen molar-refractivity contribution in [2.24, 2.45) is 0 Å². The summed E-state index contributed by atoms with van der Waals surface area (Å²) in [6.07, 6.45) is 3.40. The van der Waals surface area contributed by atoms with Crippen LogP contribution >= 0.6 is 0 Å². The molecule has 6 heteroatoms. The molecule has 32 heavy (non-hydrogen) atoms. The first kappa shape index (κ1) is 18.4. The van der Waals surface area contributed by atoms with Crippen LogP contribution in [-0.2, 0) is 0 Å². The first-order valence-corrected chi connectivity index (χ1v) is 10.3. The molecule has 0 saturated carbocycles. The summed E-state index contributed by atoms with van der Waals surface area (Å²) < 4.78 is 0. The molecular formula is C26H18N4O2. The number of anilines is 2. The number of ketones is 2. The van der Waals surface area contributed by atoms with Crippen LogP contribution in [0.3, 0.4) is 0 Å². The van der Waals surface area contributed by atoms with Gasteiger partial charge in [-0.3, -0.25) is 9.59 Å². The van der Waals surface area contributed by atoms with Gasteiger partial charge in [0.15, 0.2) is 23.2 Å². The van der Waals surface area contributed by atoms with Crippen LogP contribution in [0.15, 0.2) is 84.2 Å². The van der Waals surface area contributed by atoms with Gasteiger partial charge < -0.3 is 9.80 Å². The third kappa shape index (κ3) is 2.53. The minimum absolute atomic E-state index is 0.173. The van der Waals surface area contributed by atoms with E-state index in [2.05, 4.69) is 0 Å². The molecular weight excluding hydrogens is 400 g/mol. The molecule has 0 spiro atoms. The van der Waals surface area contributed by atoms with E-state index in [1.165, 1.54) is 0 Å². The van der Waals surface area contributed by atoms with Crippen LogP contribution in [0.2, 0.25) is 0 Å². The summed E-state index contributed by atoms with van der Waals surface area (Å²) >= 11 is 0. The molecule has 0 radical (unpaired) electrons. The average Bonchev–Trinajstić information content (AvgIpc) is 3.19. The van der Waals surface area contributed by atoms with Gasteiger partial charge in [0.1, 0.15) is 5.82 Å².